The molecular weight excluding hydrogens is 312 g/mol. The van der Waals surface area contributed by atoms with E-state index in [1.54, 1.807) is 0 Å². The van der Waals surface area contributed by atoms with Crippen molar-refractivity contribution in [3.05, 3.63) is 30.1 Å². The molecule has 2 aliphatic heterocycles. The van der Waals surface area contributed by atoms with Crippen molar-refractivity contribution in [1.82, 2.24) is 20.1 Å². The number of carbonyl (C=O) groups is 1. The molecule has 1 aromatic rings. The molecule has 1 aliphatic carbocycles. The van der Waals surface area contributed by atoms with Crippen molar-refractivity contribution in [2.45, 2.75) is 63.1 Å². The molecule has 0 aromatic carbocycles. The van der Waals surface area contributed by atoms with Crippen molar-refractivity contribution in [3.63, 3.8) is 0 Å². The summed E-state index contributed by atoms with van der Waals surface area (Å²) in [6, 6.07) is 7.36. The van der Waals surface area contributed by atoms with Crippen molar-refractivity contribution < 1.29 is 4.79 Å². The van der Waals surface area contributed by atoms with Gasteiger partial charge in [-0.25, -0.2) is 4.79 Å². The van der Waals surface area contributed by atoms with Gasteiger partial charge in [0.1, 0.15) is 0 Å². The number of pyridine rings is 1. The zero-order valence-electron chi connectivity index (χ0n) is 15.2. The molecule has 5 heteroatoms. The van der Waals surface area contributed by atoms with Gasteiger partial charge in [-0.15, -0.1) is 0 Å². The SMILES string of the molecule is CN1[C@H]2CC[C@H]1CN(C(=O)N[C@@H](c1ccccn1)C1CCCC1)CC2. The fraction of sp³-hybridized carbons (Fsp3) is 0.700. The van der Waals surface area contributed by atoms with Gasteiger partial charge in [-0.2, -0.15) is 0 Å². The first-order chi connectivity index (χ1) is 12.2. The van der Waals surface area contributed by atoms with Crippen LogP contribution in [-0.2, 0) is 0 Å². The number of likely N-dealkylation sites (N-methyl/N-ethyl adjacent to an activating group) is 1. The first kappa shape index (κ1) is 16.8. The maximum atomic E-state index is 13.0. The minimum atomic E-state index is 0.0503. The number of urea groups is 1. The van der Waals surface area contributed by atoms with E-state index >= 15 is 0 Å². The number of aromatic nitrogens is 1. The largest absolute Gasteiger partial charge is 0.329 e. The molecule has 3 heterocycles. The van der Waals surface area contributed by atoms with Crippen LogP contribution in [0.25, 0.3) is 0 Å². The van der Waals surface area contributed by atoms with E-state index in [2.05, 4.69) is 28.3 Å². The van der Waals surface area contributed by atoms with Crippen LogP contribution in [0.3, 0.4) is 0 Å². The fourth-order valence-electron chi connectivity index (χ4n) is 5.00. The second-order valence-electron chi connectivity index (χ2n) is 8.01. The molecule has 0 spiro atoms. The van der Waals surface area contributed by atoms with Crippen molar-refractivity contribution in [3.8, 4) is 0 Å². The van der Waals surface area contributed by atoms with Crippen LogP contribution >= 0.6 is 0 Å². The minimum Gasteiger partial charge on any atom is -0.329 e. The van der Waals surface area contributed by atoms with E-state index in [1.807, 2.05) is 23.2 Å². The summed E-state index contributed by atoms with van der Waals surface area (Å²) in [4.78, 5) is 22.1. The quantitative estimate of drug-likeness (QED) is 0.918. The van der Waals surface area contributed by atoms with E-state index in [0.29, 0.717) is 18.0 Å². The highest BCUT2D eigenvalue weighted by Crippen LogP contribution is 2.35. The zero-order chi connectivity index (χ0) is 17.2. The average molecular weight is 342 g/mol. The van der Waals surface area contributed by atoms with Gasteiger partial charge in [-0.3, -0.25) is 9.88 Å². The van der Waals surface area contributed by atoms with Gasteiger partial charge in [0, 0.05) is 31.4 Å². The smallest absolute Gasteiger partial charge is 0.317 e. The Hall–Kier alpha value is -1.62. The van der Waals surface area contributed by atoms with Crippen molar-refractivity contribution in [1.29, 1.82) is 0 Å². The lowest BCUT2D eigenvalue weighted by atomic mass is 9.95. The van der Waals surface area contributed by atoms with Gasteiger partial charge < -0.3 is 10.2 Å². The first-order valence-corrected chi connectivity index (χ1v) is 9.90. The molecule has 1 aromatic heterocycles. The van der Waals surface area contributed by atoms with E-state index in [0.717, 1.165) is 25.2 Å². The van der Waals surface area contributed by atoms with Gasteiger partial charge in [0.25, 0.3) is 0 Å². The van der Waals surface area contributed by atoms with Gasteiger partial charge in [0.2, 0.25) is 0 Å². The average Bonchev–Trinajstić information content (AvgIpc) is 3.22. The number of hydrogen-bond acceptors (Lipinski definition) is 3. The lowest BCUT2D eigenvalue weighted by molar-refractivity contribution is 0.179. The summed E-state index contributed by atoms with van der Waals surface area (Å²) in [5.74, 6) is 0.518. The molecule has 3 aliphatic rings. The standard InChI is InChI=1S/C20H30N4O/c1-23-16-9-10-17(23)14-24(13-11-16)20(25)22-19(15-6-2-3-7-15)18-8-4-5-12-21-18/h4-5,8,12,15-17,19H,2-3,6-7,9-11,13-14H2,1H3,(H,22,25)/t16-,17-,19+/m0/s1. The first-order valence-electron chi connectivity index (χ1n) is 9.90. The molecule has 3 fully saturated rings. The van der Waals surface area contributed by atoms with E-state index < -0.39 is 0 Å². The Labute approximate surface area is 150 Å². The summed E-state index contributed by atoms with van der Waals surface area (Å²) in [7, 11) is 2.22. The molecule has 4 rings (SSSR count). The summed E-state index contributed by atoms with van der Waals surface area (Å²) < 4.78 is 0. The fourth-order valence-corrected chi connectivity index (χ4v) is 5.00. The third-order valence-corrected chi connectivity index (χ3v) is 6.59. The number of nitrogens with zero attached hydrogens (tertiary/aromatic N) is 3. The van der Waals surface area contributed by atoms with Gasteiger partial charge in [-0.1, -0.05) is 18.9 Å². The maximum absolute atomic E-state index is 13.0. The molecule has 25 heavy (non-hydrogen) atoms. The van der Waals surface area contributed by atoms with Gasteiger partial charge in [0.15, 0.2) is 0 Å². The molecule has 5 nitrogen and oxygen atoms in total. The summed E-state index contributed by atoms with van der Waals surface area (Å²) in [5, 5.41) is 3.35. The van der Waals surface area contributed by atoms with Crippen LogP contribution in [-0.4, -0.2) is 53.0 Å². The van der Waals surface area contributed by atoms with Crippen molar-refractivity contribution in [2.75, 3.05) is 20.1 Å². The van der Waals surface area contributed by atoms with Crippen LogP contribution in [0.4, 0.5) is 4.79 Å². The highest BCUT2D eigenvalue weighted by Gasteiger charge is 2.37. The Morgan fingerprint density at radius 3 is 2.72 bits per heavy atom. The number of nitrogens with one attached hydrogen (secondary N) is 1. The molecule has 0 radical (unpaired) electrons. The number of amides is 2. The zero-order valence-corrected chi connectivity index (χ0v) is 15.2. The predicted octanol–water partition coefficient (Wildman–Crippen LogP) is 3.19. The summed E-state index contributed by atoms with van der Waals surface area (Å²) >= 11 is 0. The summed E-state index contributed by atoms with van der Waals surface area (Å²) in [6.07, 6.45) is 10.3. The second-order valence-corrected chi connectivity index (χ2v) is 8.01. The molecule has 1 N–H and O–H groups in total. The predicted molar refractivity (Wildman–Crippen MR) is 98.2 cm³/mol. The Balaban J connectivity index is 1.47. The molecule has 2 saturated heterocycles. The second kappa shape index (κ2) is 7.32. The topological polar surface area (TPSA) is 48.5 Å². The summed E-state index contributed by atoms with van der Waals surface area (Å²) in [5.41, 5.74) is 1.01. The van der Waals surface area contributed by atoms with Gasteiger partial charge in [-0.05, 0) is 57.2 Å². The molecular formula is C20H30N4O. The number of carbonyl (C=O) groups excluding carboxylic acids is 1. The molecule has 1 saturated carbocycles. The lowest BCUT2D eigenvalue weighted by Gasteiger charge is -2.30. The van der Waals surface area contributed by atoms with Crippen LogP contribution in [0.15, 0.2) is 24.4 Å². The monoisotopic (exact) mass is 342 g/mol. The number of rotatable bonds is 3. The number of fused-ring (bicyclic) bond motifs is 2. The van der Waals surface area contributed by atoms with Crippen molar-refractivity contribution in [2.24, 2.45) is 5.92 Å². The molecule has 0 unspecified atom stereocenters. The van der Waals surface area contributed by atoms with Crippen LogP contribution in [0.5, 0.6) is 0 Å². The highest BCUT2D eigenvalue weighted by molar-refractivity contribution is 5.75. The molecule has 2 bridgehead atoms. The van der Waals surface area contributed by atoms with E-state index in [4.69, 9.17) is 0 Å². The van der Waals surface area contributed by atoms with Crippen LogP contribution in [0.2, 0.25) is 0 Å². The van der Waals surface area contributed by atoms with Gasteiger partial charge in [0.05, 0.1) is 11.7 Å². The van der Waals surface area contributed by atoms with Crippen LogP contribution in [0.1, 0.15) is 56.7 Å². The molecule has 136 valence electrons. The number of hydrogen-bond donors (Lipinski definition) is 1. The highest BCUT2D eigenvalue weighted by atomic mass is 16.2. The van der Waals surface area contributed by atoms with Crippen LogP contribution < -0.4 is 5.32 Å². The molecule has 3 atom stereocenters. The third kappa shape index (κ3) is 3.52. The Morgan fingerprint density at radius 1 is 1.16 bits per heavy atom. The lowest BCUT2D eigenvalue weighted by Crippen LogP contribution is -2.47. The Morgan fingerprint density at radius 2 is 1.96 bits per heavy atom. The van der Waals surface area contributed by atoms with Crippen LogP contribution in [0, 0.1) is 5.92 Å². The Bertz CT molecular complexity index is 587. The van der Waals surface area contributed by atoms with Gasteiger partial charge >= 0.3 is 6.03 Å². The maximum Gasteiger partial charge on any atom is 0.317 e. The summed E-state index contributed by atoms with van der Waals surface area (Å²) in [6.45, 7) is 1.73. The Kier molecular flexibility index (Phi) is 4.93. The normalized spacial score (nSPS) is 28.8. The third-order valence-electron chi connectivity index (χ3n) is 6.59. The number of likely N-dealkylation sites (tertiary alicyclic amines) is 1. The van der Waals surface area contributed by atoms with E-state index in [1.165, 1.54) is 38.5 Å². The molecule has 2 amide bonds. The van der Waals surface area contributed by atoms with Crippen molar-refractivity contribution >= 4 is 6.03 Å². The minimum absolute atomic E-state index is 0.0503. The van der Waals surface area contributed by atoms with E-state index in [-0.39, 0.29) is 12.1 Å². The van der Waals surface area contributed by atoms with E-state index in [9.17, 15) is 4.79 Å².